The van der Waals surface area contributed by atoms with E-state index in [-0.39, 0.29) is 6.10 Å². The zero-order valence-electron chi connectivity index (χ0n) is 11.5. The first-order valence-electron chi connectivity index (χ1n) is 6.78. The molecule has 1 atom stereocenters. The van der Waals surface area contributed by atoms with Crippen LogP contribution in [0.3, 0.4) is 0 Å². The van der Waals surface area contributed by atoms with E-state index in [1.54, 1.807) is 7.11 Å². The highest BCUT2D eigenvalue weighted by Crippen LogP contribution is 2.25. The van der Waals surface area contributed by atoms with E-state index in [0.29, 0.717) is 5.92 Å². The number of nitrogens with zero attached hydrogens (tertiary/aromatic N) is 1. The zero-order valence-corrected chi connectivity index (χ0v) is 12.3. The summed E-state index contributed by atoms with van der Waals surface area (Å²) in [4.78, 5) is 8.03. The number of aromatic nitrogens is 2. The molecule has 0 aliphatic heterocycles. The summed E-state index contributed by atoms with van der Waals surface area (Å²) in [6.07, 6.45) is 5.90. The average molecular weight is 266 g/mol. The Bertz CT molecular complexity index is 467. The molecule has 1 aliphatic carbocycles. The van der Waals surface area contributed by atoms with Crippen LogP contribution in [-0.4, -0.2) is 17.1 Å². The topological polar surface area (TPSA) is 37.9 Å². The molecule has 1 aromatic heterocycles. The molecule has 0 spiro atoms. The van der Waals surface area contributed by atoms with Crippen molar-refractivity contribution >= 4 is 12.2 Å². The number of H-pyrrole nitrogens is 1. The normalized spacial score (nSPS) is 17.3. The van der Waals surface area contributed by atoms with Crippen LogP contribution >= 0.6 is 12.2 Å². The van der Waals surface area contributed by atoms with Gasteiger partial charge in [-0.2, -0.15) is 0 Å². The monoisotopic (exact) mass is 266 g/mol. The Labute approximate surface area is 114 Å². The van der Waals surface area contributed by atoms with Gasteiger partial charge in [-0.1, -0.05) is 32.5 Å². The predicted octanol–water partition coefficient (Wildman–Crippen LogP) is 3.75. The molecule has 0 radical (unpaired) electrons. The highest BCUT2D eigenvalue weighted by molar-refractivity contribution is 7.71. The number of rotatable bonds is 3. The Morgan fingerprint density at radius 1 is 1.22 bits per heavy atom. The largest absolute Gasteiger partial charge is 0.373 e. The molecule has 2 rings (SSSR count). The molecule has 0 bridgehead atoms. The summed E-state index contributed by atoms with van der Waals surface area (Å²) in [5.74, 6) is 1.27. The van der Waals surface area contributed by atoms with Crippen molar-refractivity contribution in [3.05, 3.63) is 21.7 Å². The van der Waals surface area contributed by atoms with Crippen molar-refractivity contribution in [2.75, 3.05) is 7.11 Å². The highest BCUT2D eigenvalue weighted by atomic mass is 32.1. The fourth-order valence-electron chi connectivity index (χ4n) is 2.65. The predicted molar refractivity (Wildman–Crippen MR) is 75.3 cm³/mol. The summed E-state index contributed by atoms with van der Waals surface area (Å²) in [5, 5.41) is 0. The molecule has 1 aromatic rings. The molecule has 0 aromatic carbocycles. The van der Waals surface area contributed by atoms with Gasteiger partial charge in [-0.15, -0.1) is 0 Å². The number of ether oxygens (including phenoxy) is 1. The smallest absolute Gasteiger partial charge is 0.137 e. The summed E-state index contributed by atoms with van der Waals surface area (Å²) in [7, 11) is 1.73. The lowest BCUT2D eigenvalue weighted by Crippen LogP contribution is -2.15. The van der Waals surface area contributed by atoms with Crippen molar-refractivity contribution in [3.63, 3.8) is 0 Å². The molecule has 0 amide bonds. The maximum atomic E-state index is 5.54. The Hall–Kier alpha value is -0.740. The van der Waals surface area contributed by atoms with Crippen LogP contribution in [0.4, 0.5) is 0 Å². The summed E-state index contributed by atoms with van der Waals surface area (Å²) >= 11 is 5.45. The van der Waals surface area contributed by atoms with E-state index >= 15 is 0 Å². The molecule has 0 saturated carbocycles. The van der Waals surface area contributed by atoms with Gasteiger partial charge in [0.25, 0.3) is 0 Å². The minimum Gasteiger partial charge on any atom is -0.373 e. The molecule has 100 valence electrons. The zero-order chi connectivity index (χ0) is 13.1. The lowest BCUT2D eigenvalue weighted by atomic mass is 10.1. The van der Waals surface area contributed by atoms with E-state index in [9.17, 15) is 0 Å². The number of nitrogens with one attached hydrogen (secondary N) is 1. The number of aryl methyl sites for hydroxylation is 1. The van der Waals surface area contributed by atoms with Gasteiger partial charge in [0.2, 0.25) is 0 Å². The van der Waals surface area contributed by atoms with Crippen molar-refractivity contribution in [3.8, 4) is 0 Å². The number of hydrogen-bond acceptors (Lipinski definition) is 3. The maximum absolute atomic E-state index is 5.54. The second-order valence-electron chi connectivity index (χ2n) is 5.35. The third-order valence-corrected chi connectivity index (χ3v) is 3.94. The lowest BCUT2D eigenvalue weighted by Gasteiger charge is -2.20. The van der Waals surface area contributed by atoms with Gasteiger partial charge in [-0.25, -0.2) is 4.98 Å². The minimum atomic E-state index is 0.000234. The number of methoxy groups -OCH3 is 1. The Morgan fingerprint density at radius 3 is 2.61 bits per heavy atom. The van der Waals surface area contributed by atoms with Gasteiger partial charge in [-0.05, 0) is 31.6 Å². The fraction of sp³-hybridized carbons (Fsp3) is 0.714. The van der Waals surface area contributed by atoms with Gasteiger partial charge >= 0.3 is 0 Å². The summed E-state index contributed by atoms with van der Waals surface area (Å²) in [6, 6.07) is 0. The fourth-order valence-corrected chi connectivity index (χ4v) is 2.97. The van der Waals surface area contributed by atoms with E-state index in [1.807, 2.05) is 0 Å². The average Bonchev–Trinajstić information content (AvgIpc) is 2.55. The Morgan fingerprint density at radius 2 is 1.94 bits per heavy atom. The van der Waals surface area contributed by atoms with Gasteiger partial charge < -0.3 is 9.72 Å². The molecule has 1 N–H and O–H groups in total. The van der Waals surface area contributed by atoms with Crippen LogP contribution in [0.25, 0.3) is 0 Å². The highest BCUT2D eigenvalue weighted by Gasteiger charge is 2.20. The number of hydrogen-bond donors (Lipinski definition) is 1. The Balaban J connectivity index is 2.43. The molecule has 0 saturated heterocycles. The second kappa shape index (κ2) is 5.93. The van der Waals surface area contributed by atoms with Gasteiger partial charge in [0.05, 0.1) is 0 Å². The van der Waals surface area contributed by atoms with Crippen LogP contribution in [-0.2, 0) is 17.6 Å². The van der Waals surface area contributed by atoms with Crippen LogP contribution in [0.5, 0.6) is 0 Å². The molecule has 18 heavy (non-hydrogen) atoms. The van der Waals surface area contributed by atoms with Crippen molar-refractivity contribution in [1.29, 1.82) is 0 Å². The van der Waals surface area contributed by atoms with Crippen molar-refractivity contribution < 1.29 is 4.74 Å². The van der Waals surface area contributed by atoms with Gasteiger partial charge in [0.15, 0.2) is 0 Å². The molecular weight excluding hydrogens is 244 g/mol. The van der Waals surface area contributed by atoms with Crippen LogP contribution in [0.1, 0.15) is 56.3 Å². The SMILES string of the molecule is COC(c1nc(=S)c2c([nH]1)CCCCC2)C(C)C. The molecule has 1 aliphatic rings. The second-order valence-corrected chi connectivity index (χ2v) is 5.73. The van der Waals surface area contributed by atoms with Gasteiger partial charge in [0.1, 0.15) is 16.6 Å². The van der Waals surface area contributed by atoms with Gasteiger partial charge in [-0.3, -0.25) is 0 Å². The summed E-state index contributed by atoms with van der Waals surface area (Å²) in [5.41, 5.74) is 2.54. The van der Waals surface area contributed by atoms with Crippen molar-refractivity contribution in [2.24, 2.45) is 5.92 Å². The molecule has 0 fully saturated rings. The molecule has 1 heterocycles. The van der Waals surface area contributed by atoms with Crippen LogP contribution < -0.4 is 0 Å². The van der Waals surface area contributed by atoms with Crippen LogP contribution in [0, 0.1) is 10.6 Å². The standard InChI is InChI=1S/C14H22N2OS/c1-9(2)12(17-3)13-15-11-8-6-4-5-7-10(11)14(18)16-13/h9,12H,4-8H2,1-3H3,(H,15,16,18). The summed E-state index contributed by atoms with van der Waals surface area (Å²) in [6.45, 7) is 4.27. The van der Waals surface area contributed by atoms with Gasteiger partial charge in [0, 0.05) is 18.4 Å². The van der Waals surface area contributed by atoms with E-state index < -0.39 is 0 Å². The van der Waals surface area contributed by atoms with E-state index in [2.05, 4.69) is 23.8 Å². The molecule has 3 nitrogen and oxygen atoms in total. The molecule has 1 unspecified atom stereocenters. The Kier molecular flexibility index (Phi) is 4.51. The molecular formula is C14H22N2OS. The lowest BCUT2D eigenvalue weighted by molar-refractivity contribution is 0.0571. The first-order chi connectivity index (χ1) is 8.63. The molecule has 4 heteroatoms. The number of fused-ring (bicyclic) bond motifs is 1. The maximum Gasteiger partial charge on any atom is 0.137 e. The van der Waals surface area contributed by atoms with E-state index in [0.717, 1.165) is 23.3 Å². The third-order valence-electron chi connectivity index (χ3n) is 3.61. The quantitative estimate of drug-likeness (QED) is 0.669. The summed E-state index contributed by atoms with van der Waals surface area (Å²) < 4.78 is 6.30. The van der Waals surface area contributed by atoms with Crippen LogP contribution in [0.15, 0.2) is 0 Å². The van der Waals surface area contributed by atoms with E-state index in [4.69, 9.17) is 17.0 Å². The number of aromatic amines is 1. The minimum absolute atomic E-state index is 0.000234. The third kappa shape index (κ3) is 2.81. The van der Waals surface area contributed by atoms with Crippen LogP contribution in [0.2, 0.25) is 0 Å². The van der Waals surface area contributed by atoms with Crippen molar-refractivity contribution in [2.45, 2.75) is 52.1 Å². The first-order valence-corrected chi connectivity index (χ1v) is 7.19. The first kappa shape index (κ1) is 13.7. The van der Waals surface area contributed by atoms with Crippen molar-refractivity contribution in [1.82, 2.24) is 9.97 Å². The van der Waals surface area contributed by atoms with E-state index in [1.165, 1.54) is 30.5 Å².